The van der Waals surface area contributed by atoms with Crippen LogP contribution in [0.15, 0.2) is 11.6 Å². The number of carbonyl (C=O) groups excluding carboxylic acids is 1. The summed E-state index contributed by atoms with van der Waals surface area (Å²) in [5.74, 6) is 0.160. The number of nitrogens with two attached hydrogens (primary N) is 2. The maximum Gasteiger partial charge on any atom is 0.245 e. The van der Waals surface area contributed by atoms with Crippen LogP contribution in [0.1, 0.15) is 32.1 Å². The van der Waals surface area contributed by atoms with E-state index in [9.17, 15) is 4.79 Å². The van der Waals surface area contributed by atoms with Gasteiger partial charge in [-0.1, -0.05) is 25.3 Å². The highest BCUT2D eigenvalue weighted by atomic mass is 16.1. The van der Waals surface area contributed by atoms with Crippen LogP contribution in [0.2, 0.25) is 0 Å². The molecule has 3 heteroatoms. The first-order valence-electron chi connectivity index (χ1n) is 4.94. The predicted molar refractivity (Wildman–Crippen MR) is 52.9 cm³/mol. The van der Waals surface area contributed by atoms with Crippen molar-refractivity contribution < 1.29 is 4.79 Å². The first-order valence-corrected chi connectivity index (χ1v) is 4.94. The topological polar surface area (TPSA) is 69.1 Å². The predicted octanol–water partition coefficient (Wildman–Crippen LogP) is 0.937. The SMILES string of the molecule is NCC(=CC1CCCCC1)C(N)=O. The van der Waals surface area contributed by atoms with Crippen molar-refractivity contribution in [3.8, 4) is 0 Å². The average molecular weight is 182 g/mol. The van der Waals surface area contributed by atoms with E-state index in [2.05, 4.69) is 0 Å². The average Bonchev–Trinajstić information content (AvgIpc) is 2.15. The van der Waals surface area contributed by atoms with E-state index < -0.39 is 0 Å². The fourth-order valence-electron chi connectivity index (χ4n) is 1.84. The number of primary amides is 1. The lowest BCUT2D eigenvalue weighted by Gasteiger charge is -2.18. The van der Waals surface area contributed by atoms with E-state index in [0.29, 0.717) is 11.5 Å². The van der Waals surface area contributed by atoms with Crippen LogP contribution in [0, 0.1) is 5.92 Å². The molecule has 13 heavy (non-hydrogen) atoms. The molecule has 0 heterocycles. The van der Waals surface area contributed by atoms with E-state index in [1.165, 1.54) is 32.1 Å². The molecule has 4 N–H and O–H groups in total. The molecule has 1 fully saturated rings. The smallest absolute Gasteiger partial charge is 0.245 e. The summed E-state index contributed by atoms with van der Waals surface area (Å²) >= 11 is 0. The maximum absolute atomic E-state index is 10.9. The third kappa shape index (κ3) is 3.19. The number of carbonyl (C=O) groups is 1. The molecule has 74 valence electrons. The van der Waals surface area contributed by atoms with Gasteiger partial charge in [0.2, 0.25) is 5.91 Å². The molecule has 0 radical (unpaired) electrons. The van der Waals surface area contributed by atoms with Gasteiger partial charge in [-0.3, -0.25) is 4.79 Å². The van der Waals surface area contributed by atoms with Gasteiger partial charge in [0.05, 0.1) is 0 Å². The lowest BCUT2D eigenvalue weighted by Crippen LogP contribution is -2.21. The van der Waals surface area contributed by atoms with Crippen molar-refractivity contribution in [2.45, 2.75) is 32.1 Å². The Morgan fingerprint density at radius 1 is 1.31 bits per heavy atom. The van der Waals surface area contributed by atoms with Crippen molar-refractivity contribution in [3.05, 3.63) is 11.6 Å². The van der Waals surface area contributed by atoms with E-state index >= 15 is 0 Å². The van der Waals surface area contributed by atoms with E-state index in [0.717, 1.165) is 0 Å². The van der Waals surface area contributed by atoms with Crippen LogP contribution < -0.4 is 11.5 Å². The third-order valence-corrected chi connectivity index (χ3v) is 2.62. The van der Waals surface area contributed by atoms with E-state index in [1.807, 2.05) is 6.08 Å². The molecule has 0 aromatic rings. The van der Waals surface area contributed by atoms with Gasteiger partial charge in [0.1, 0.15) is 0 Å². The van der Waals surface area contributed by atoms with Gasteiger partial charge < -0.3 is 11.5 Å². The van der Waals surface area contributed by atoms with Crippen LogP contribution in [0.4, 0.5) is 0 Å². The Balaban J connectivity index is 2.54. The van der Waals surface area contributed by atoms with Gasteiger partial charge in [-0.05, 0) is 18.8 Å². The zero-order valence-corrected chi connectivity index (χ0v) is 7.96. The van der Waals surface area contributed by atoms with E-state index in [4.69, 9.17) is 11.5 Å². The van der Waals surface area contributed by atoms with Crippen molar-refractivity contribution in [1.82, 2.24) is 0 Å². The van der Waals surface area contributed by atoms with Gasteiger partial charge in [0.15, 0.2) is 0 Å². The molecule has 3 nitrogen and oxygen atoms in total. The highest BCUT2D eigenvalue weighted by molar-refractivity contribution is 5.92. The second kappa shape index (κ2) is 5.02. The minimum absolute atomic E-state index is 0.270. The summed E-state index contributed by atoms with van der Waals surface area (Å²) in [6, 6.07) is 0. The Morgan fingerprint density at radius 3 is 2.38 bits per heavy atom. The molecular weight excluding hydrogens is 164 g/mol. The standard InChI is InChI=1S/C10H18N2O/c11-7-9(10(12)13)6-8-4-2-1-3-5-8/h6,8H,1-5,7,11H2,(H2,12,13). The first kappa shape index (κ1) is 10.3. The minimum atomic E-state index is -0.368. The fraction of sp³-hybridized carbons (Fsp3) is 0.700. The van der Waals surface area contributed by atoms with Gasteiger partial charge in [0, 0.05) is 12.1 Å². The summed E-state index contributed by atoms with van der Waals surface area (Å²) in [7, 11) is 0. The summed E-state index contributed by atoms with van der Waals surface area (Å²) in [6.07, 6.45) is 8.17. The largest absolute Gasteiger partial charge is 0.366 e. The maximum atomic E-state index is 10.9. The summed E-state index contributed by atoms with van der Waals surface area (Å²) in [5.41, 5.74) is 11.2. The molecule has 0 aliphatic heterocycles. The molecule has 0 aromatic heterocycles. The molecular formula is C10H18N2O. The van der Waals surface area contributed by atoms with Gasteiger partial charge >= 0.3 is 0 Å². The van der Waals surface area contributed by atoms with Crippen LogP contribution in [0.25, 0.3) is 0 Å². The van der Waals surface area contributed by atoms with Crippen molar-refractivity contribution in [3.63, 3.8) is 0 Å². The number of amides is 1. The van der Waals surface area contributed by atoms with Crippen molar-refractivity contribution >= 4 is 5.91 Å². The Bertz CT molecular complexity index is 205. The van der Waals surface area contributed by atoms with Crippen LogP contribution in [-0.2, 0) is 4.79 Å². The monoisotopic (exact) mass is 182 g/mol. The molecule has 0 atom stereocenters. The molecule has 0 aromatic carbocycles. The Hall–Kier alpha value is -0.830. The van der Waals surface area contributed by atoms with E-state index in [1.54, 1.807) is 0 Å². The van der Waals surface area contributed by atoms with Gasteiger partial charge in [0.25, 0.3) is 0 Å². The first-order chi connectivity index (χ1) is 6.24. The second-order valence-electron chi connectivity index (χ2n) is 3.66. The summed E-state index contributed by atoms with van der Waals surface area (Å²) in [5, 5.41) is 0. The molecule has 1 aliphatic carbocycles. The van der Waals surface area contributed by atoms with Crippen LogP contribution >= 0.6 is 0 Å². The Morgan fingerprint density at radius 2 is 1.92 bits per heavy atom. The highest BCUT2D eigenvalue weighted by Crippen LogP contribution is 2.25. The lowest BCUT2D eigenvalue weighted by atomic mass is 9.88. The third-order valence-electron chi connectivity index (χ3n) is 2.62. The number of allylic oxidation sites excluding steroid dienone is 1. The van der Waals surface area contributed by atoms with Crippen LogP contribution in [-0.4, -0.2) is 12.5 Å². The normalized spacial score (nSPS) is 20.2. The van der Waals surface area contributed by atoms with Gasteiger partial charge in [-0.25, -0.2) is 0 Å². The summed E-state index contributed by atoms with van der Waals surface area (Å²) < 4.78 is 0. The molecule has 1 rings (SSSR count). The number of hydrogen-bond donors (Lipinski definition) is 2. The van der Waals surface area contributed by atoms with Crippen LogP contribution in [0.5, 0.6) is 0 Å². The second-order valence-corrected chi connectivity index (χ2v) is 3.66. The molecule has 1 saturated carbocycles. The summed E-state index contributed by atoms with van der Waals surface area (Å²) in [4.78, 5) is 10.9. The minimum Gasteiger partial charge on any atom is -0.366 e. The Kier molecular flexibility index (Phi) is 3.96. The number of hydrogen-bond acceptors (Lipinski definition) is 2. The lowest BCUT2D eigenvalue weighted by molar-refractivity contribution is -0.114. The molecule has 0 unspecified atom stereocenters. The molecule has 1 aliphatic rings. The van der Waals surface area contributed by atoms with Crippen molar-refractivity contribution in [2.75, 3.05) is 6.54 Å². The molecule has 1 amide bonds. The number of rotatable bonds is 3. The fourth-order valence-corrected chi connectivity index (χ4v) is 1.84. The quantitative estimate of drug-likeness (QED) is 0.638. The zero-order chi connectivity index (χ0) is 9.68. The molecule has 0 bridgehead atoms. The van der Waals surface area contributed by atoms with Gasteiger partial charge in [-0.2, -0.15) is 0 Å². The van der Waals surface area contributed by atoms with Crippen LogP contribution in [0.3, 0.4) is 0 Å². The molecule has 0 saturated heterocycles. The molecule has 0 spiro atoms. The van der Waals surface area contributed by atoms with Crippen molar-refractivity contribution in [1.29, 1.82) is 0 Å². The Labute approximate surface area is 79.2 Å². The highest BCUT2D eigenvalue weighted by Gasteiger charge is 2.13. The van der Waals surface area contributed by atoms with Crippen molar-refractivity contribution in [2.24, 2.45) is 17.4 Å². The summed E-state index contributed by atoms with van der Waals surface area (Å²) in [6.45, 7) is 0.270. The zero-order valence-electron chi connectivity index (χ0n) is 7.96. The van der Waals surface area contributed by atoms with E-state index in [-0.39, 0.29) is 12.5 Å². The van der Waals surface area contributed by atoms with Gasteiger partial charge in [-0.15, -0.1) is 0 Å².